The number of nitrogens with one attached hydrogen (secondary N) is 2. The van der Waals surface area contributed by atoms with Crippen LogP contribution in [0.3, 0.4) is 0 Å². The number of likely N-dealkylation sites (tertiary alicyclic amines) is 1. The molecule has 26 heavy (non-hydrogen) atoms. The number of aliphatic imine (C=N–C) groups is 1. The van der Waals surface area contributed by atoms with E-state index >= 15 is 0 Å². The Balaban J connectivity index is 1.34. The van der Waals surface area contributed by atoms with Crippen molar-refractivity contribution in [2.24, 2.45) is 12.0 Å². The molecule has 1 unspecified atom stereocenters. The summed E-state index contributed by atoms with van der Waals surface area (Å²) in [5.41, 5.74) is 3.87. The molecule has 6 nitrogen and oxygen atoms in total. The third-order valence-corrected chi connectivity index (χ3v) is 5.25. The first-order chi connectivity index (χ1) is 12.7. The second kappa shape index (κ2) is 7.23. The fourth-order valence-electron chi connectivity index (χ4n) is 3.86. The van der Waals surface area contributed by atoms with E-state index in [4.69, 9.17) is 0 Å². The number of aromatic amines is 1. The predicted molar refractivity (Wildman–Crippen MR) is 106 cm³/mol. The highest BCUT2D eigenvalue weighted by atomic mass is 15.3. The van der Waals surface area contributed by atoms with E-state index in [1.807, 2.05) is 25.0 Å². The molecule has 4 rings (SSSR count). The van der Waals surface area contributed by atoms with Gasteiger partial charge in [-0.15, -0.1) is 0 Å². The van der Waals surface area contributed by atoms with Crippen molar-refractivity contribution in [2.75, 3.05) is 26.7 Å². The number of aryl methyl sites for hydroxylation is 1. The van der Waals surface area contributed by atoms with Crippen molar-refractivity contribution in [2.45, 2.75) is 18.8 Å². The summed E-state index contributed by atoms with van der Waals surface area (Å²) in [6.45, 7) is 2.91. The molecule has 0 aliphatic carbocycles. The molecule has 2 aromatic heterocycles. The van der Waals surface area contributed by atoms with Gasteiger partial charge in [0.25, 0.3) is 0 Å². The quantitative estimate of drug-likeness (QED) is 0.561. The van der Waals surface area contributed by atoms with E-state index in [0.29, 0.717) is 5.92 Å². The monoisotopic (exact) mass is 350 g/mol. The highest BCUT2D eigenvalue weighted by Gasteiger charge is 2.26. The van der Waals surface area contributed by atoms with Crippen molar-refractivity contribution in [1.29, 1.82) is 0 Å². The zero-order valence-corrected chi connectivity index (χ0v) is 15.4. The van der Waals surface area contributed by atoms with Gasteiger partial charge in [0, 0.05) is 62.9 Å². The molecule has 0 bridgehead atoms. The molecule has 6 heteroatoms. The van der Waals surface area contributed by atoms with E-state index < -0.39 is 0 Å². The first-order valence-electron chi connectivity index (χ1n) is 9.23. The topological polar surface area (TPSA) is 61.2 Å². The number of benzene rings is 1. The highest BCUT2D eigenvalue weighted by Crippen LogP contribution is 2.26. The molecule has 1 fully saturated rings. The number of aromatic nitrogens is 3. The lowest BCUT2D eigenvalue weighted by molar-refractivity contribution is 0.486. The van der Waals surface area contributed by atoms with Crippen molar-refractivity contribution in [3.63, 3.8) is 0 Å². The van der Waals surface area contributed by atoms with Crippen LogP contribution in [-0.2, 0) is 13.5 Å². The molecule has 0 saturated carbocycles. The zero-order valence-electron chi connectivity index (χ0n) is 15.4. The van der Waals surface area contributed by atoms with Gasteiger partial charge in [0.1, 0.15) is 0 Å². The Bertz CT molecular complexity index is 906. The summed E-state index contributed by atoms with van der Waals surface area (Å²) in [4.78, 5) is 10.2. The van der Waals surface area contributed by atoms with Gasteiger partial charge in [-0.25, -0.2) is 0 Å². The fraction of sp³-hybridized carbons (Fsp3) is 0.400. The molecule has 2 N–H and O–H groups in total. The Morgan fingerprint density at radius 1 is 1.38 bits per heavy atom. The standard InChI is InChI=1S/C20H26N6/c1-21-20(26-10-8-16(14-26)17-12-24-25(2)13-17)22-9-7-15-11-23-19-6-4-3-5-18(15)19/h3-6,11-13,16,23H,7-10,14H2,1-2H3,(H,21,22). The van der Waals surface area contributed by atoms with Gasteiger partial charge >= 0.3 is 0 Å². The number of hydrogen-bond acceptors (Lipinski definition) is 2. The van der Waals surface area contributed by atoms with Crippen molar-refractivity contribution in [1.82, 2.24) is 25.0 Å². The van der Waals surface area contributed by atoms with Crippen LogP contribution in [0.4, 0.5) is 0 Å². The van der Waals surface area contributed by atoms with E-state index in [0.717, 1.165) is 38.4 Å². The Labute approximate surface area is 153 Å². The highest BCUT2D eigenvalue weighted by molar-refractivity contribution is 5.83. The molecular formula is C20H26N6. The summed E-state index contributed by atoms with van der Waals surface area (Å²) in [5, 5.41) is 9.14. The summed E-state index contributed by atoms with van der Waals surface area (Å²) in [6, 6.07) is 8.45. The lowest BCUT2D eigenvalue weighted by atomic mass is 10.0. The molecule has 1 aliphatic heterocycles. The summed E-state index contributed by atoms with van der Waals surface area (Å²) in [6.07, 6.45) is 8.35. The third-order valence-electron chi connectivity index (χ3n) is 5.25. The van der Waals surface area contributed by atoms with Gasteiger partial charge in [-0.3, -0.25) is 9.67 Å². The minimum Gasteiger partial charge on any atom is -0.361 e. The van der Waals surface area contributed by atoms with E-state index in [-0.39, 0.29) is 0 Å². The Morgan fingerprint density at radius 3 is 3.08 bits per heavy atom. The minimum absolute atomic E-state index is 0.538. The molecule has 0 radical (unpaired) electrons. The molecule has 136 valence electrons. The number of fused-ring (bicyclic) bond motifs is 1. The van der Waals surface area contributed by atoms with E-state index in [1.165, 1.54) is 22.0 Å². The van der Waals surface area contributed by atoms with Gasteiger partial charge in [0.05, 0.1) is 6.20 Å². The molecule has 1 aliphatic rings. The second-order valence-corrected chi connectivity index (χ2v) is 6.96. The summed E-state index contributed by atoms with van der Waals surface area (Å²) in [7, 11) is 3.84. The summed E-state index contributed by atoms with van der Waals surface area (Å²) < 4.78 is 1.88. The SMILES string of the molecule is CN=C(NCCc1c[nH]c2ccccc12)N1CCC(c2cnn(C)c2)C1. The smallest absolute Gasteiger partial charge is 0.193 e. The largest absolute Gasteiger partial charge is 0.361 e. The number of rotatable bonds is 4. The molecule has 3 heterocycles. The Morgan fingerprint density at radius 2 is 2.27 bits per heavy atom. The van der Waals surface area contributed by atoms with Gasteiger partial charge in [0.15, 0.2) is 5.96 Å². The third kappa shape index (κ3) is 3.31. The number of H-pyrrole nitrogens is 1. The molecule has 3 aromatic rings. The van der Waals surface area contributed by atoms with Crippen LogP contribution in [0.5, 0.6) is 0 Å². The number of hydrogen-bond donors (Lipinski definition) is 2. The Hall–Kier alpha value is -2.76. The van der Waals surface area contributed by atoms with Crippen molar-refractivity contribution < 1.29 is 0 Å². The van der Waals surface area contributed by atoms with Gasteiger partial charge < -0.3 is 15.2 Å². The van der Waals surface area contributed by atoms with Crippen LogP contribution >= 0.6 is 0 Å². The van der Waals surface area contributed by atoms with E-state index in [1.54, 1.807) is 0 Å². The molecule has 0 amide bonds. The first kappa shape index (κ1) is 16.7. The summed E-state index contributed by atoms with van der Waals surface area (Å²) >= 11 is 0. The van der Waals surface area contributed by atoms with Gasteiger partial charge in [-0.05, 0) is 30.0 Å². The molecule has 1 atom stereocenters. The number of para-hydroxylation sites is 1. The lowest BCUT2D eigenvalue weighted by Crippen LogP contribution is -2.40. The first-order valence-corrected chi connectivity index (χ1v) is 9.23. The van der Waals surface area contributed by atoms with Gasteiger partial charge in [0.2, 0.25) is 0 Å². The van der Waals surface area contributed by atoms with E-state index in [9.17, 15) is 0 Å². The van der Waals surface area contributed by atoms with Gasteiger partial charge in [-0.1, -0.05) is 18.2 Å². The van der Waals surface area contributed by atoms with Crippen molar-refractivity contribution in [3.05, 3.63) is 54.0 Å². The zero-order chi connectivity index (χ0) is 17.9. The van der Waals surface area contributed by atoms with Crippen molar-refractivity contribution in [3.8, 4) is 0 Å². The van der Waals surface area contributed by atoms with Crippen LogP contribution in [0.1, 0.15) is 23.5 Å². The summed E-state index contributed by atoms with van der Waals surface area (Å²) in [5.74, 6) is 1.53. The number of guanidine groups is 1. The van der Waals surface area contributed by atoms with Gasteiger partial charge in [-0.2, -0.15) is 5.10 Å². The maximum atomic E-state index is 4.49. The van der Waals surface area contributed by atoms with Crippen LogP contribution < -0.4 is 5.32 Å². The van der Waals surface area contributed by atoms with Crippen LogP contribution in [0.15, 0.2) is 47.8 Å². The molecule has 1 aromatic carbocycles. The minimum atomic E-state index is 0.538. The molecule has 0 spiro atoms. The fourth-order valence-corrected chi connectivity index (χ4v) is 3.86. The Kier molecular flexibility index (Phi) is 4.65. The van der Waals surface area contributed by atoms with Crippen LogP contribution in [0.25, 0.3) is 10.9 Å². The lowest BCUT2D eigenvalue weighted by Gasteiger charge is -2.21. The normalized spacial score (nSPS) is 18.0. The predicted octanol–water partition coefficient (Wildman–Crippen LogP) is 2.51. The number of nitrogens with zero attached hydrogens (tertiary/aromatic N) is 4. The maximum Gasteiger partial charge on any atom is 0.193 e. The maximum absolute atomic E-state index is 4.49. The van der Waals surface area contributed by atoms with Crippen LogP contribution in [0, 0.1) is 0 Å². The average molecular weight is 350 g/mol. The van der Waals surface area contributed by atoms with Crippen LogP contribution in [0.2, 0.25) is 0 Å². The average Bonchev–Trinajstić information content (AvgIpc) is 3.38. The van der Waals surface area contributed by atoms with E-state index in [2.05, 4.69) is 62.0 Å². The molecule has 1 saturated heterocycles. The van der Waals surface area contributed by atoms with Crippen LogP contribution in [-0.4, -0.2) is 52.3 Å². The van der Waals surface area contributed by atoms with Crippen molar-refractivity contribution >= 4 is 16.9 Å². The second-order valence-electron chi connectivity index (χ2n) is 6.96. The molecular weight excluding hydrogens is 324 g/mol.